The van der Waals surface area contributed by atoms with Crippen molar-refractivity contribution >= 4 is 33.4 Å². The molecule has 0 saturated carbocycles. The predicted octanol–water partition coefficient (Wildman–Crippen LogP) is 3.69. The van der Waals surface area contributed by atoms with Crippen molar-refractivity contribution in [3.8, 4) is 11.6 Å². The summed E-state index contributed by atoms with van der Waals surface area (Å²) in [6.07, 6.45) is 0. The van der Waals surface area contributed by atoms with Crippen molar-refractivity contribution in [2.45, 2.75) is 6.92 Å². The highest BCUT2D eigenvalue weighted by Crippen LogP contribution is 2.32. The third-order valence-electron chi connectivity index (χ3n) is 2.48. The molecule has 7 heteroatoms. The molecule has 20 heavy (non-hydrogen) atoms. The number of halogens is 2. The van der Waals surface area contributed by atoms with Crippen LogP contribution in [0.2, 0.25) is 5.02 Å². The number of nitrogens with zero attached hydrogens (tertiary/aromatic N) is 2. The van der Waals surface area contributed by atoms with E-state index in [2.05, 4.69) is 26.1 Å². The van der Waals surface area contributed by atoms with Crippen LogP contribution < -0.4 is 10.5 Å². The lowest BCUT2D eigenvalue weighted by atomic mass is 10.2. The standard InChI is InChI=1S/C13H11BrClN3O2/c1-7-2-4-9(12(16)18-19)13(17-7)20-11-6-8(14)3-5-10(11)15/h2-6,19H,1H3,(H2,16,18). The van der Waals surface area contributed by atoms with E-state index in [0.717, 1.165) is 10.2 Å². The summed E-state index contributed by atoms with van der Waals surface area (Å²) in [6.45, 7) is 1.81. The lowest BCUT2D eigenvalue weighted by Gasteiger charge is -2.11. The van der Waals surface area contributed by atoms with E-state index in [1.54, 1.807) is 30.3 Å². The number of ether oxygens (including phenoxy) is 1. The highest BCUT2D eigenvalue weighted by atomic mass is 79.9. The Morgan fingerprint density at radius 1 is 1.40 bits per heavy atom. The van der Waals surface area contributed by atoms with Crippen LogP contribution in [-0.4, -0.2) is 16.0 Å². The van der Waals surface area contributed by atoms with Crippen LogP contribution in [0.5, 0.6) is 11.6 Å². The van der Waals surface area contributed by atoms with Crippen LogP contribution in [-0.2, 0) is 0 Å². The molecule has 3 N–H and O–H groups in total. The molecule has 0 unspecified atom stereocenters. The molecular weight excluding hydrogens is 346 g/mol. The second kappa shape index (κ2) is 6.11. The van der Waals surface area contributed by atoms with Crippen LogP contribution in [0, 0.1) is 6.92 Å². The monoisotopic (exact) mass is 355 g/mol. The van der Waals surface area contributed by atoms with Gasteiger partial charge in [0.1, 0.15) is 5.75 Å². The van der Waals surface area contributed by atoms with Crippen molar-refractivity contribution in [3.63, 3.8) is 0 Å². The number of hydrogen-bond donors (Lipinski definition) is 2. The van der Waals surface area contributed by atoms with Crippen molar-refractivity contribution in [2.24, 2.45) is 10.9 Å². The van der Waals surface area contributed by atoms with Crippen molar-refractivity contribution in [3.05, 3.63) is 51.1 Å². The highest BCUT2D eigenvalue weighted by molar-refractivity contribution is 9.10. The Bertz CT molecular complexity index is 677. The summed E-state index contributed by atoms with van der Waals surface area (Å²) in [6, 6.07) is 8.60. The molecule has 0 atom stereocenters. The minimum atomic E-state index is -0.0846. The number of amidine groups is 1. The Kier molecular flexibility index (Phi) is 4.46. The van der Waals surface area contributed by atoms with Gasteiger partial charge in [-0.3, -0.25) is 0 Å². The molecular formula is C13H11BrClN3O2. The number of nitrogens with two attached hydrogens (primary N) is 1. The molecule has 104 valence electrons. The van der Waals surface area contributed by atoms with Crippen LogP contribution in [0.15, 0.2) is 40.0 Å². The number of benzene rings is 1. The van der Waals surface area contributed by atoms with Crippen LogP contribution >= 0.6 is 27.5 Å². The fourth-order valence-electron chi connectivity index (χ4n) is 1.52. The van der Waals surface area contributed by atoms with Gasteiger partial charge in [-0.05, 0) is 37.3 Å². The van der Waals surface area contributed by atoms with Gasteiger partial charge in [-0.25, -0.2) is 4.98 Å². The largest absolute Gasteiger partial charge is 0.437 e. The topological polar surface area (TPSA) is 80.7 Å². The van der Waals surface area contributed by atoms with E-state index in [1.165, 1.54) is 0 Å². The predicted molar refractivity (Wildman–Crippen MR) is 80.7 cm³/mol. The van der Waals surface area contributed by atoms with Crippen molar-refractivity contribution in [1.29, 1.82) is 0 Å². The van der Waals surface area contributed by atoms with E-state index in [9.17, 15) is 0 Å². The minimum Gasteiger partial charge on any atom is -0.437 e. The first-order valence-corrected chi connectivity index (χ1v) is 6.77. The first kappa shape index (κ1) is 14.6. The molecule has 1 heterocycles. The maximum Gasteiger partial charge on any atom is 0.230 e. The molecule has 0 saturated heterocycles. The van der Waals surface area contributed by atoms with Gasteiger partial charge >= 0.3 is 0 Å². The number of aryl methyl sites for hydroxylation is 1. The van der Waals surface area contributed by atoms with Gasteiger partial charge in [0.25, 0.3) is 0 Å². The Balaban J connectivity index is 2.47. The van der Waals surface area contributed by atoms with E-state index < -0.39 is 0 Å². The average Bonchev–Trinajstić information content (AvgIpc) is 2.42. The summed E-state index contributed by atoms with van der Waals surface area (Å²) in [5, 5.41) is 12.2. The number of rotatable bonds is 3. The number of aromatic nitrogens is 1. The highest BCUT2D eigenvalue weighted by Gasteiger charge is 2.13. The quantitative estimate of drug-likeness (QED) is 0.380. The molecule has 0 fully saturated rings. The molecule has 2 rings (SSSR count). The molecule has 0 amide bonds. The Morgan fingerprint density at radius 3 is 2.85 bits per heavy atom. The smallest absolute Gasteiger partial charge is 0.230 e. The summed E-state index contributed by atoms with van der Waals surface area (Å²) in [5.74, 6) is 0.560. The molecule has 1 aromatic carbocycles. The van der Waals surface area contributed by atoms with Crippen LogP contribution in [0.1, 0.15) is 11.3 Å². The molecule has 0 bridgehead atoms. The van der Waals surface area contributed by atoms with Gasteiger partial charge in [0, 0.05) is 10.2 Å². The van der Waals surface area contributed by atoms with Gasteiger partial charge in [0.05, 0.1) is 10.6 Å². The van der Waals surface area contributed by atoms with Crippen molar-refractivity contribution < 1.29 is 9.94 Å². The molecule has 0 aliphatic heterocycles. The lowest BCUT2D eigenvalue weighted by Crippen LogP contribution is -2.15. The number of oxime groups is 1. The van der Waals surface area contributed by atoms with E-state index in [1.807, 2.05) is 6.92 Å². The zero-order valence-electron chi connectivity index (χ0n) is 10.5. The SMILES string of the molecule is Cc1ccc(C(N)=NO)c(Oc2cc(Br)ccc2Cl)n1. The first-order valence-electron chi connectivity index (χ1n) is 5.59. The molecule has 5 nitrogen and oxygen atoms in total. The Hall–Kier alpha value is -1.79. The maximum absolute atomic E-state index is 8.79. The van der Waals surface area contributed by atoms with Gasteiger partial charge in [0.2, 0.25) is 5.88 Å². The molecule has 0 aliphatic rings. The number of pyridine rings is 1. The normalized spacial score (nSPS) is 11.4. The van der Waals surface area contributed by atoms with Crippen molar-refractivity contribution in [2.75, 3.05) is 0 Å². The summed E-state index contributed by atoms with van der Waals surface area (Å²) in [7, 11) is 0. The van der Waals surface area contributed by atoms with E-state index in [-0.39, 0.29) is 11.7 Å². The molecule has 0 radical (unpaired) electrons. The van der Waals surface area contributed by atoms with Gasteiger partial charge < -0.3 is 15.7 Å². The van der Waals surface area contributed by atoms with Crippen LogP contribution in [0.3, 0.4) is 0 Å². The fraction of sp³-hybridized carbons (Fsp3) is 0.0769. The van der Waals surface area contributed by atoms with Gasteiger partial charge in [-0.15, -0.1) is 0 Å². The molecule has 0 aliphatic carbocycles. The second-order valence-corrected chi connectivity index (χ2v) is 5.29. The Morgan fingerprint density at radius 2 is 2.15 bits per heavy atom. The van der Waals surface area contributed by atoms with Crippen LogP contribution in [0.4, 0.5) is 0 Å². The molecule has 1 aromatic heterocycles. The van der Waals surface area contributed by atoms with E-state index in [0.29, 0.717) is 16.3 Å². The lowest BCUT2D eigenvalue weighted by molar-refractivity contribution is 0.318. The van der Waals surface area contributed by atoms with E-state index >= 15 is 0 Å². The fourth-order valence-corrected chi connectivity index (χ4v) is 2.02. The molecule has 2 aromatic rings. The first-order chi connectivity index (χ1) is 9.51. The van der Waals surface area contributed by atoms with Gasteiger partial charge in [-0.1, -0.05) is 32.7 Å². The minimum absolute atomic E-state index is 0.0846. The van der Waals surface area contributed by atoms with Gasteiger partial charge in [-0.2, -0.15) is 0 Å². The zero-order chi connectivity index (χ0) is 14.7. The average molecular weight is 357 g/mol. The van der Waals surface area contributed by atoms with Crippen molar-refractivity contribution in [1.82, 2.24) is 4.98 Å². The summed E-state index contributed by atoms with van der Waals surface area (Å²) >= 11 is 9.40. The number of hydrogen-bond acceptors (Lipinski definition) is 4. The maximum atomic E-state index is 8.79. The Labute approximate surface area is 129 Å². The molecule has 0 spiro atoms. The zero-order valence-corrected chi connectivity index (χ0v) is 12.8. The van der Waals surface area contributed by atoms with E-state index in [4.69, 9.17) is 27.3 Å². The summed E-state index contributed by atoms with van der Waals surface area (Å²) < 4.78 is 6.49. The summed E-state index contributed by atoms with van der Waals surface area (Å²) in [5.41, 5.74) is 6.72. The summed E-state index contributed by atoms with van der Waals surface area (Å²) in [4.78, 5) is 4.24. The van der Waals surface area contributed by atoms with Crippen LogP contribution in [0.25, 0.3) is 0 Å². The third-order valence-corrected chi connectivity index (χ3v) is 3.29. The van der Waals surface area contributed by atoms with Gasteiger partial charge in [0.15, 0.2) is 5.84 Å². The second-order valence-electron chi connectivity index (χ2n) is 3.97. The third kappa shape index (κ3) is 3.20.